The lowest BCUT2D eigenvalue weighted by Gasteiger charge is -2.08. The summed E-state index contributed by atoms with van der Waals surface area (Å²) in [6, 6.07) is 11.2. The van der Waals surface area contributed by atoms with Crippen molar-refractivity contribution in [2.24, 2.45) is 0 Å². The molecule has 0 aliphatic heterocycles. The first-order valence-corrected chi connectivity index (χ1v) is 7.62. The van der Waals surface area contributed by atoms with Crippen molar-refractivity contribution >= 4 is 38.3 Å². The summed E-state index contributed by atoms with van der Waals surface area (Å²) in [6.45, 7) is 0. The zero-order valence-electron chi connectivity index (χ0n) is 10.2. The molecule has 20 heavy (non-hydrogen) atoms. The van der Waals surface area contributed by atoms with Crippen LogP contribution in [0, 0.1) is 0 Å². The second-order valence-corrected chi connectivity index (χ2v) is 6.31. The summed E-state index contributed by atoms with van der Waals surface area (Å²) < 4.78 is 27.0. The minimum atomic E-state index is -3.64. The third-order valence-corrected chi connectivity index (χ3v) is 4.43. The van der Waals surface area contributed by atoms with Crippen LogP contribution in [0.25, 0.3) is 11.0 Å². The molecule has 5 nitrogen and oxygen atoms in total. The first kappa shape index (κ1) is 13.0. The molecule has 3 rings (SSSR count). The van der Waals surface area contributed by atoms with Gasteiger partial charge in [0.1, 0.15) is 0 Å². The Kier molecular flexibility index (Phi) is 3.11. The summed E-state index contributed by atoms with van der Waals surface area (Å²) in [5, 5.41) is 0.548. The molecule has 0 aliphatic rings. The molecule has 0 amide bonds. The molecule has 102 valence electrons. The molecule has 0 radical (unpaired) electrons. The van der Waals surface area contributed by atoms with Crippen molar-refractivity contribution in [1.29, 1.82) is 0 Å². The van der Waals surface area contributed by atoms with Crippen molar-refractivity contribution in [1.82, 2.24) is 9.97 Å². The highest BCUT2D eigenvalue weighted by Crippen LogP contribution is 2.20. The van der Waals surface area contributed by atoms with Crippen LogP contribution in [0.3, 0.4) is 0 Å². The number of aromatic nitrogens is 2. The quantitative estimate of drug-likeness (QED) is 0.781. The van der Waals surface area contributed by atoms with Crippen molar-refractivity contribution in [3.05, 3.63) is 53.8 Å². The Bertz CT molecular complexity index is 857. The van der Waals surface area contributed by atoms with Gasteiger partial charge in [-0.1, -0.05) is 11.6 Å². The average molecular weight is 308 g/mol. The molecule has 0 aliphatic carbocycles. The number of rotatable bonds is 3. The molecule has 0 bridgehead atoms. The number of fused-ring (bicyclic) bond motifs is 1. The van der Waals surface area contributed by atoms with E-state index in [1.54, 1.807) is 36.4 Å². The Morgan fingerprint density at radius 3 is 2.60 bits per heavy atom. The van der Waals surface area contributed by atoms with Crippen molar-refractivity contribution in [3.8, 4) is 0 Å². The SMILES string of the molecule is O=S(=O)(Nc1ccc(Cl)cc1)c1ccc2nc[nH]c2c1. The Balaban J connectivity index is 1.96. The predicted octanol–water partition coefficient (Wildman–Crippen LogP) is 3.02. The minimum Gasteiger partial charge on any atom is -0.345 e. The van der Waals surface area contributed by atoms with Crippen molar-refractivity contribution in [3.63, 3.8) is 0 Å². The topological polar surface area (TPSA) is 74.8 Å². The molecule has 1 aromatic heterocycles. The van der Waals surface area contributed by atoms with E-state index in [0.29, 0.717) is 16.2 Å². The monoisotopic (exact) mass is 307 g/mol. The zero-order chi connectivity index (χ0) is 14.2. The first-order valence-electron chi connectivity index (χ1n) is 5.76. The number of benzene rings is 2. The average Bonchev–Trinajstić information content (AvgIpc) is 2.88. The molecule has 0 saturated heterocycles. The van der Waals surface area contributed by atoms with Gasteiger partial charge >= 0.3 is 0 Å². The van der Waals surface area contributed by atoms with E-state index in [4.69, 9.17) is 11.6 Å². The van der Waals surface area contributed by atoms with Gasteiger partial charge in [0.15, 0.2) is 0 Å². The molecular weight excluding hydrogens is 298 g/mol. The maximum absolute atomic E-state index is 12.3. The number of sulfonamides is 1. The van der Waals surface area contributed by atoms with E-state index in [9.17, 15) is 8.42 Å². The van der Waals surface area contributed by atoms with Gasteiger partial charge in [-0.05, 0) is 42.5 Å². The lowest BCUT2D eigenvalue weighted by molar-refractivity contribution is 0.601. The van der Waals surface area contributed by atoms with Gasteiger partial charge in [-0.15, -0.1) is 0 Å². The smallest absolute Gasteiger partial charge is 0.261 e. The van der Waals surface area contributed by atoms with E-state index in [2.05, 4.69) is 14.7 Å². The second-order valence-electron chi connectivity index (χ2n) is 4.19. The molecule has 0 spiro atoms. The first-order chi connectivity index (χ1) is 9.54. The zero-order valence-corrected chi connectivity index (χ0v) is 11.7. The van der Waals surface area contributed by atoms with Crippen molar-refractivity contribution in [2.45, 2.75) is 4.90 Å². The van der Waals surface area contributed by atoms with Crippen LogP contribution in [-0.2, 0) is 10.0 Å². The summed E-state index contributed by atoms with van der Waals surface area (Å²) in [7, 11) is -3.64. The van der Waals surface area contributed by atoms with Crippen LogP contribution in [0.1, 0.15) is 0 Å². The molecule has 2 aromatic carbocycles. The molecule has 2 N–H and O–H groups in total. The van der Waals surface area contributed by atoms with Gasteiger partial charge in [0.2, 0.25) is 0 Å². The number of H-pyrrole nitrogens is 1. The third-order valence-electron chi connectivity index (χ3n) is 2.80. The number of aromatic amines is 1. The van der Waals surface area contributed by atoms with Gasteiger partial charge in [-0.3, -0.25) is 4.72 Å². The normalized spacial score (nSPS) is 11.7. The van der Waals surface area contributed by atoms with Gasteiger partial charge < -0.3 is 4.98 Å². The fraction of sp³-hybridized carbons (Fsp3) is 0. The van der Waals surface area contributed by atoms with Crippen molar-refractivity contribution in [2.75, 3.05) is 4.72 Å². The van der Waals surface area contributed by atoms with Crippen LogP contribution in [0.4, 0.5) is 5.69 Å². The van der Waals surface area contributed by atoms with Crippen LogP contribution in [0.2, 0.25) is 5.02 Å². The Hall–Kier alpha value is -2.05. The van der Waals surface area contributed by atoms with Crippen LogP contribution in [0.5, 0.6) is 0 Å². The molecule has 0 unspecified atom stereocenters. The summed E-state index contributed by atoms with van der Waals surface area (Å²) in [6.07, 6.45) is 1.52. The van der Waals surface area contributed by atoms with E-state index in [-0.39, 0.29) is 4.90 Å². The van der Waals surface area contributed by atoms with Gasteiger partial charge in [-0.25, -0.2) is 13.4 Å². The van der Waals surface area contributed by atoms with E-state index in [0.717, 1.165) is 5.52 Å². The van der Waals surface area contributed by atoms with Gasteiger partial charge in [0.25, 0.3) is 10.0 Å². The van der Waals surface area contributed by atoms with E-state index in [1.807, 2.05) is 0 Å². The highest BCUT2D eigenvalue weighted by Gasteiger charge is 2.15. The van der Waals surface area contributed by atoms with Crippen LogP contribution in [-0.4, -0.2) is 18.4 Å². The number of anilines is 1. The molecule has 3 aromatic rings. The molecule has 1 heterocycles. The molecular formula is C13H10ClN3O2S. The number of hydrogen-bond donors (Lipinski definition) is 2. The maximum atomic E-state index is 12.3. The number of hydrogen-bond acceptors (Lipinski definition) is 3. The third kappa shape index (κ3) is 2.48. The standard InChI is InChI=1S/C13H10ClN3O2S/c14-9-1-3-10(4-2-9)17-20(18,19)11-5-6-12-13(7-11)16-8-15-12/h1-8,17H,(H,15,16). The second kappa shape index (κ2) is 4.81. The Morgan fingerprint density at radius 2 is 1.85 bits per heavy atom. The van der Waals surface area contributed by atoms with Crippen LogP contribution >= 0.6 is 11.6 Å². The highest BCUT2D eigenvalue weighted by atomic mass is 35.5. The van der Waals surface area contributed by atoms with Crippen LogP contribution < -0.4 is 4.72 Å². The summed E-state index contributed by atoms with van der Waals surface area (Å²) in [5.74, 6) is 0. The van der Waals surface area contributed by atoms with Crippen molar-refractivity contribution < 1.29 is 8.42 Å². The van der Waals surface area contributed by atoms with Gasteiger partial charge in [-0.2, -0.15) is 0 Å². The minimum absolute atomic E-state index is 0.171. The maximum Gasteiger partial charge on any atom is 0.261 e. The predicted molar refractivity (Wildman–Crippen MR) is 78.4 cm³/mol. The van der Waals surface area contributed by atoms with Crippen LogP contribution in [0.15, 0.2) is 53.7 Å². The number of imidazole rings is 1. The lowest BCUT2D eigenvalue weighted by Crippen LogP contribution is -2.12. The van der Waals surface area contributed by atoms with E-state index < -0.39 is 10.0 Å². The summed E-state index contributed by atoms with van der Waals surface area (Å²) in [5.41, 5.74) is 1.85. The molecule has 0 saturated carbocycles. The molecule has 0 atom stereocenters. The van der Waals surface area contributed by atoms with E-state index in [1.165, 1.54) is 12.4 Å². The Morgan fingerprint density at radius 1 is 1.10 bits per heavy atom. The fourth-order valence-corrected chi connectivity index (χ4v) is 3.02. The number of halogens is 1. The van der Waals surface area contributed by atoms with E-state index >= 15 is 0 Å². The largest absolute Gasteiger partial charge is 0.345 e. The fourth-order valence-electron chi connectivity index (χ4n) is 1.81. The van der Waals surface area contributed by atoms with Gasteiger partial charge in [0, 0.05) is 10.7 Å². The lowest BCUT2D eigenvalue weighted by atomic mass is 10.3. The highest BCUT2D eigenvalue weighted by molar-refractivity contribution is 7.92. The summed E-state index contributed by atoms with van der Waals surface area (Å²) >= 11 is 5.76. The molecule has 0 fully saturated rings. The Labute approximate surface area is 120 Å². The van der Waals surface area contributed by atoms with Gasteiger partial charge in [0.05, 0.1) is 22.3 Å². The number of nitrogens with zero attached hydrogens (tertiary/aromatic N) is 1. The number of nitrogens with one attached hydrogen (secondary N) is 2. The summed E-state index contributed by atoms with van der Waals surface area (Å²) in [4.78, 5) is 7.10. The molecule has 7 heteroatoms.